The van der Waals surface area contributed by atoms with Crippen molar-refractivity contribution in [2.75, 3.05) is 0 Å². The van der Waals surface area contributed by atoms with Gasteiger partial charge in [0.2, 0.25) is 0 Å². The van der Waals surface area contributed by atoms with Gasteiger partial charge in [-0.25, -0.2) is 0 Å². The van der Waals surface area contributed by atoms with Crippen molar-refractivity contribution in [2.24, 2.45) is 5.92 Å². The molecule has 3 atom stereocenters. The summed E-state index contributed by atoms with van der Waals surface area (Å²) in [5.74, 6) is 0.898. The maximum Gasteiger partial charge on any atom is 0.0294 e. The second-order valence-corrected chi connectivity index (χ2v) is 5.97. The van der Waals surface area contributed by atoms with E-state index in [0.717, 1.165) is 10.4 Å². The van der Waals surface area contributed by atoms with Crippen LogP contribution in [0.25, 0.3) is 0 Å². The molecule has 1 aromatic rings. The first-order valence-corrected chi connectivity index (χ1v) is 6.96. The zero-order valence-electron chi connectivity index (χ0n) is 10.0. The zero-order valence-corrected chi connectivity index (χ0v) is 11.6. The van der Waals surface area contributed by atoms with E-state index in [1.165, 1.54) is 24.8 Å². The fourth-order valence-electron chi connectivity index (χ4n) is 2.56. The highest BCUT2D eigenvalue weighted by molar-refractivity contribution is 9.10. The molecule has 0 saturated heterocycles. The van der Waals surface area contributed by atoms with Gasteiger partial charge < -0.3 is 5.32 Å². The minimum Gasteiger partial charge on any atom is -0.307 e. The normalized spacial score (nSPS) is 26.9. The van der Waals surface area contributed by atoms with Crippen LogP contribution in [0.15, 0.2) is 28.7 Å². The van der Waals surface area contributed by atoms with Crippen LogP contribution in [0, 0.1) is 5.92 Å². The summed E-state index contributed by atoms with van der Waals surface area (Å²) < 4.78 is 1.15. The van der Waals surface area contributed by atoms with Crippen molar-refractivity contribution >= 4 is 15.9 Å². The van der Waals surface area contributed by atoms with E-state index >= 15 is 0 Å². The summed E-state index contributed by atoms with van der Waals surface area (Å²) in [6.45, 7) is 4.61. The molecular weight excluding hydrogens is 262 g/mol. The number of rotatable bonds is 3. The molecule has 1 nitrogen and oxygen atoms in total. The van der Waals surface area contributed by atoms with Crippen LogP contribution in [0.2, 0.25) is 0 Å². The molecule has 1 fully saturated rings. The first kappa shape index (κ1) is 12.1. The van der Waals surface area contributed by atoms with Crippen LogP contribution in [0.5, 0.6) is 0 Å². The Morgan fingerprint density at radius 1 is 1.25 bits per heavy atom. The Balaban J connectivity index is 1.92. The van der Waals surface area contributed by atoms with E-state index in [2.05, 4.69) is 59.4 Å². The molecule has 0 spiro atoms. The van der Waals surface area contributed by atoms with Gasteiger partial charge in [0, 0.05) is 16.6 Å². The third-order valence-electron chi connectivity index (χ3n) is 3.55. The van der Waals surface area contributed by atoms with Crippen molar-refractivity contribution in [3.8, 4) is 0 Å². The van der Waals surface area contributed by atoms with Gasteiger partial charge in [0.1, 0.15) is 0 Å². The lowest BCUT2D eigenvalue weighted by atomic mass is 10.1. The molecule has 1 aliphatic carbocycles. The van der Waals surface area contributed by atoms with E-state index in [4.69, 9.17) is 0 Å². The van der Waals surface area contributed by atoms with Crippen LogP contribution in [0.3, 0.4) is 0 Å². The third kappa shape index (κ3) is 3.08. The Kier molecular flexibility index (Phi) is 4.04. The van der Waals surface area contributed by atoms with Crippen LogP contribution >= 0.6 is 15.9 Å². The summed E-state index contributed by atoms with van der Waals surface area (Å²) >= 11 is 3.47. The number of nitrogens with one attached hydrogen (secondary N) is 1. The van der Waals surface area contributed by atoms with E-state index in [0.29, 0.717) is 12.1 Å². The van der Waals surface area contributed by atoms with E-state index in [1.54, 1.807) is 0 Å². The van der Waals surface area contributed by atoms with E-state index < -0.39 is 0 Å². The smallest absolute Gasteiger partial charge is 0.0294 e. The average Bonchev–Trinajstić information content (AvgIpc) is 2.65. The number of benzene rings is 1. The summed E-state index contributed by atoms with van der Waals surface area (Å²) in [5, 5.41) is 3.73. The Bertz CT molecular complexity index is 333. The van der Waals surface area contributed by atoms with Gasteiger partial charge in [-0.05, 0) is 49.8 Å². The van der Waals surface area contributed by atoms with Gasteiger partial charge in [-0.2, -0.15) is 0 Å². The summed E-state index contributed by atoms with van der Waals surface area (Å²) in [4.78, 5) is 0. The standard InChI is InChI=1S/C14H20BrN/c1-10-3-8-14(9-10)16-11(2)12-4-6-13(15)7-5-12/h4-7,10-11,14,16H,3,8-9H2,1-2H3/t10?,11-,14?/m0/s1. The highest BCUT2D eigenvalue weighted by Gasteiger charge is 2.22. The fourth-order valence-corrected chi connectivity index (χ4v) is 2.82. The molecule has 2 heteroatoms. The Hall–Kier alpha value is -0.340. The molecule has 2 rings (SSSR count). The average molecular weight is 282 g/mol. The molecule has 2 unspecified atom stereocenters. The molecule has 1 N–H and O–H groups in total. The van der Waals surface area contributed by atoms with Gasteiger partial charge in [-0.15, -0.1) is 0 Å². The minimum absolute atomic E-state index is 0.461. The molecule has 0 heterocycles. The van der Waals surface area contributed by atoms with Gasteiger partial charge in [-0.3, -0.25) is 0 Å². The monoisotopic (exact) mass is 281 g/mol. The molecule has 0 amide bonds. The van der Waals surface area contributed by atoms with Gasteiger partial charge in [0.05, 0.1) is 0 Å². The molecule has 1 saturated carbocycles. The lowest BCUT2D eigenvalue weighted by Crippen LogP contribution is -2.29. The largest absolute Gasteiger partial charge is 0.307 e. The van der Waals surface area contributed by atoms with E-state index in [1.807, 2.05) is 0 Å². The van der Waals surface area contributed by atoms with Gasteiger partial charge in [-0.1, -0.05) is 35.0 Å². The van der Waals surface area contributed by atoms with Gasteiger partial charge in [0.15, 0.2) is 0 Å². The highest BCUT2D eigenvalue weighted by atomic mass is 79.9. The minimum atomic E-state index is 0.461. The zero-order chi connectivity index (χ0) is 11.5. The molecule has 0 aromatic heterocycles. The SMILES string of the molecule is CC1CCC(N[C@@H](C)c2ccc(Br)cc2)C1. The molecule has 0 bridgehead atoms. The first-order chi connectivity index (χ1) is 7.65. The second kappa shape index (κ2) is 5.33. The lowest BCUT2D eigenvalue weighted by Gasteiger charge is -2.19. The molecule has 88 valence electrons. The topological polar surface area (TPSA) is 12.0 Å². The fraction of sp³-hybridized carbons (Fsp3) is 0.571. The second-order valence-electron chi connectivity index (χ2n) is 5.06. The van der Waals surface area contributed by atoms with Crippen molar-refractivity contribution in [2.45, 2.75) is 45.2 Å². The van der Waals surface area contributed by atoms with E-state index in [-0.39, 0.29) is 0 Å². The predicted octanol–water partition coefficient (Wildman–Crippen LogP) is 4.29. The number of halogens is 1. The van der Waals surface area contributed by atoms with Crippen LogP contribution in [-0.2, 0) is 0 Å². The Morgan fingerprint density at radius 3 is 2.50 bits per heavy atom. The maximum absolute atomic E-state index is 3.73. The quantitative estimate of drug-likeness (QED) is 0.872. The summed E-state index contributed by atoms with van der Waals surface area (Å²) in [6.07, 6.45) is 4.05. The van der Waals surface area contributed by atoms with Crippen LogP contribution in [0.1, 0.15) is 44.7 Å². The molecule has 16 heavy (non-hydrogen) atoms. The molecular formula is C14H20BrN. The van der Waals surface area contributed by atoms with Crippen LogP contribution in [0.4, 0.5) is 0 Å². The summed E-state index contributed by atoms with van der Waals surface area (Å²) in [6, 6.07) is 9.80. The summed E-state index contributed by atoms with van der Waals surface area (Å²) in [5.41, 5.74) is 1.38. The van der Waals surface area contributed by atoms with Crippen molar-refractivity contribution in [3.63, 3.8) is 0 Å². The van der Waals surface area contributed by atoms with Crippen LogP contribution in [-0.4, -0.2) is 6.04 Å². The Labute approximate surface area is 107 Å². The molecule has 0 radical (unpaired) electrons. The van der Waals surface area contributed by atoms with Crippen molar-refractivity contribution in [1.82, 2.24) is 5.32 Å². The van der Waals surface area contributed by atoms with Crippen molar-refractivity contribution < 1.29 is 0 Å². The van der Waals surface area contributed by atoms with E-state index in [9.17, 15) is 0 Å². The first-order valence-electron chi connectivity index (χ1n) is 6.16. The maximum atomic E-state index is 3.73. The third-order valence-corrected chi connectivity index (χ3v) is 4.08. The van der Waals surface area contributed by atoms with Crippen molar-refractivity contribution in [1.29, 1.82) is 0 Å². The number of hydrogen-bond donors (Lipinski definition) is 1. The van der Waals surface area contributed by atoms with Gasteiger partial charge >= 0.3 is 0 Å². The number of hydrogen-bond acceptors (Lipinski definition) is 1. The highest BCUT2D eigenvalue weighted by Crippen LogP contribution is 2.27. The molecule has 0 aliphatic heterocycles. The molecule has 1 aliphatic rings. The summed E-state index contributed by atoms with van der Waals surface area (Å²) in [7, 11) is 0. The van der Waals surface area contributed by atoms with Gasteiger partial charge in [0.25, 0.3) is 0 Å². The molecule has 1 aromatic carbocycles. The Morgan fingerprint density at radius 2 is 1.94 bits per heavy atom. The van der Waals surface area contributed by atoms with Crippen LogP contribution < -0.4 is 5.32 Å². The van der Waals surface area contributed by atoms with Crippen molar-refractivity contribution in [3.05, 3.63) is 34.3 Å². The lowest BCUT2D eigenvalue weighted by molar-refractivity contribution is 0.449. The predicted molar refractivity (Wildman–Crippen MR) is 72.5 cm³/mol.